The molecule has 0 fully saturated rings. The van der Waals surface area contributed by atoms with E-state index in [1.807, 2.05) is 12.3 Å². The van der Waals surface area contributed by atoms with Gasteiger partial charge in [0.05, 0.1) is 0 Å². The molecule has 112 valence electrons. The largest absolute Gasteiger partial charge is 0.489 e. The number of ether oxygens (including phenoxy) is 1. The SMILES string of the molecule is CCc1ccc(OCc2cncc(Br)c2)c(C(C)(C)C)c1. The van der Waals surface area contributed by atoms with Crippen molar-refractivity contribution in [2.24, 2.45) is 0 Å². The first-order valence-corrected chi connectivity index (χ1v) is 8.05. The van der Waals surface area contributed by atoms with Gasteiger partial charge in [-0.05, 0) is 51.0 Å². The summed E-state index contributed by atoms with van der Waals surface area (Å²) in [5, 5.41) is 0. The Hall–Kier alpha value is -1.35. The van der Waals surface area contributed by atoms with Crippen LogP contribution in [-0.4, -0.2) is 4.98 Å². The van der Waals surface area contributed by atoms with Crippen molar-refractivity contribution in [1.29, 1.82) is 0 Å². The van der Waals surface area contributed by atoms with Gasteiger partial charge in [-0.3, -0.25) is 4.98 Å². The first kappa shape index (κ1) is 16.0. The molecule has 21 heavy (non-hydrogen) atoms. The van der Waals surface area contributed by atoms with Crippen molar-refractivity contribution in [3.63, 3.8) is 0 Å². The maximum Gasteiger partial charge on any atom is 0.123 e. The van der Waals surface area contributed by atoms with Crippen molar-refractivity contribution in [2.75, 3.05) is 0 Å². The molecule has 1 aromatic heterocycles. The van der Waals surface area contributed by atoms with Gasteiger partial charge >= 0.3 is 0 Å². The summed E-state index contributed by atoms with van der Waals surface area (Å²) in [4.78, 5) is 4.17. The molecular formula is C18H22BrNO. The van der Waals surface area contributed by atoms with E-state index < -0.39 is 0 Å². The average Bonchev–Trinajstić information content (AvgIpc) is 2.44. The van der Waals surface area contributed by atoms with Gasteiger partial charge < -0.3 is 4.74 Å². The van der Waals surface area contributed by atoms with Gasteiger partial charge in [0, 0.05) is 22.4 Å². The minimum Gasteiger partial charge on any atom is -0.489 e. The van der Waals surface area contributed by atoms with E-state index in [0.29, 0.717) is 6.61 Å². The fraction of sp³-hybridized carbons (Fsp3) is 0.389. The Kier molecular flexibility index (Phi) is 5.04. The molecule has 3 heteroatoms. The van der Waals surface area contributed by atoms with E-state index in [9.17, 15) is 0 Å². The van der Waals surface area contributed by atoms with Crippen molar-refractivity contribution in [3.8, 4) is 5.75 Å². The summed E-state index contributed by atoms with van der Waals surface area (Å²) in [6.45, 7) is 9.36. The summed E-state index contributed by atoms with van der Waals surface area (Å²) < 4.78 is 7.02. The molecular weight excluding hydrogens is 326 g/mol. The van der Waals surface area contributed by atoms with Gasteiger partial charge in [-0.1, -0.05) is 39.8 Å². The summed E-state index contributed by atoms with van der Waals surface area (Å²) in [6.07, 6.45) is 4.65. The van der Waals surface area contributed by atoms with Crippen LogP contribution in [0.1, 0.15) is 44.4 Å². The second kappa shape index (κ2) is 6.61. The maximum atomic E-state index is 6.04. The molecule has 0 aliphatic heterocycles. The number of hydrogen-bond acceptors (Lipinski definition) is 2. The fourth-order valence-corrected chi connectivity index (χ4v) is 2.62. The second-order valence-corrected chi connectivity index (χ2v) is 7.15. The normalized spacial score (nSPS) is 11.5. The Morgan fingerprint density at radius 1 is 1.10 bits per heavy atom. The highest BCUT2D eigenvalue weighted by Gasteiger charge is 2.19. The van der Waals surface area contributed by atoms with E-state index in [2.05, 4.69) is 66.8 Å². The number of nitrogens with zero attached hydrogens (tertiary/aromatic N) is 1. The highest BCUT2D eigenvalue weighted by molar-refractivity contribution is 9.10. The highest BCUT2D eigenvalue weighted by atomic mass is 79.9. The predicted octanol–water partition coefficient (Wildman–Crippen LogP) is 5.28. The lowest BCUT2D eigenvalue weighted by Crippen LogP contribution is -2.14. The van der Waals surface area contributed by atoms with E-state index >= 15 is 0 Å². The predicted molar refractivity (Wildman–Crippen MR) is 90.8 cm³/mol. The molecule has 0 bridgehead atoms. The van der Waals surface area contributed by atoms with E-state index in [1.165, 1.54) is 11.1 Å². The number of rotatable bonds is 4. The molecule has 0 atom stereocenters. The Morgan fingerprint density at radius 3 is 2.48 bits per heavy atom. The van der Waals surface area contributed by atoms with Crippen molar-refractivity contribution >= 4 is 15.9 Å². The molecule has 0 radical (unpaired) electrons. The monoisotopic (exact) mass is 347 g/mol. The number of benzene rings is 1. The molecule has 1 heterocycles. The summed E-state index contributed by atoms with van der Waals surface area (Å²) in [5.74, 6) is 0.958. The second-order valence-electron chi connectivity index (χ2n) is 6.23. The third kappa shape index (κ3) is 4.31. The Bertz CT molecular complexity index is 617. The summed E-state index contributed by atoms with van der Waals surface area (Å²) in [5.41, 5.74) is 3.72. The quantitative estimate of drug-likeness (QED) is 0.750. The standard InChI is InChI=1S/C18H22BrNO/c1-5-13-6-7-17(16(9-13)18(2,3)4)21-12-14-8-15(19)11-20-10-14/h6-11H,5,12H2,1-4H3. The van der Waals surface area contributed by atoms with Crippen LogP contribution in [0, 0.1) is 0 Å². The number of aromatic nitrogens is 1. The van der Waals surface area contributed by atoms with Crippen LogP contribution in [0.3, 0.4) is 0 Å². The van der Waals surface area contributed by atoms with Crippen LogP contribution >= 0.6 is 15.9 Å². The average molecular weight is 348 g/mol. The van der Waals surface area contributed by atoms with Gasteiger partial charge in [0.2, 0.25) is 0 Å². The number of pyridine rings is 1. The van der Waals surface area contributed by atoms with Crippen LogP contribution in [0.2, 0.25) is 0 Å². The molecule has 0 N–H and O–H groups in total. The zero-order chi connectivity index (χ0) is 15.5. The maximum absolute atomic E-state index is 6.04. The minimum atomic E-state index is 0.0655. The number of halogens is 1. The lowest BCUT2D eigenvalue weighted by atomic mass is 9.85. The van der Waals surface area contributed by atoms with Gasteiger partial charge in [-0.25, -0.2) is 0 Å². The zero-order valence-corrected chi connectivity index (χ0v) is 14.7. The molecule has 0 spiro atoms. The van der Waals surface area contributed by atoms with Gasteiger partial charge in [-0.15, -0.1) is 0 Å². The van der Waals surface area contributed by atoms with Crippen molar-refractivity contribution in [3.05, 3.63) is 57.8 Å². The van der Waals surface area contributed by atoms with Crippen molar-refractivity contribution in [2.45, 2.75) is 46.1 Å². The third-order valence-corrected chi connectivity index (χ3v) is 3.85. The lowest BCUT2D eigenvalue weighted by molar-refractivity contribution is 0.297. The number of hydrogen-bond donors (Lipinski definition) is 0. The van der Waals surface area contributed by atoms with Gasteiger partial charge in [0.25, 0.3) is 0 Å². The van der Waals surface area contributed by atoms with Crippen LogP contribution < -0.4 is 4.74 Å². The van der Waals surface area contributed by atoms with E-state index in [-0.39, 0.29) is 5.41 Å². The van der Waals surface area contributed by atoms with Gasteiger partial charge in [0.15, 0.2) is 0 Å². The summed E-state index contributed by atoms with van der Waals surface area (Å²) >= 11 is 3.44. The van der Waals surface area contributed by atoms with Crippen LogP contribution in [0.25, 0.3) is 0 Å². The first-order valence-electron chi connectivity index (χ1n) is 7.26. The van der Waals surface area contributed by atoms with E-state index in [0.717, 1.165) is 22.2 Å². The van der Waals surface area contributed by atoms with Crippen LogP contribution in [0.5, 0.6) is 5.75 Å². The Morgan fingerprint density at radius 2 is 1.86 bits per heavy atom. The van der Waals surface area contributed by atoms with Crippen LogP contribution in [-0.2, 0) is 18.4 Å². The molecule has 0 unspecified atom stereocenters. The minimum absolute atomic E-state index is 0.0655. The zero-order valence-electron chi connectivity index (χ0n) is 13.1. The fourth-order valence-electron chi connectivity index (χ4n) is 2.20. The molecule has 0 amide bonds. The molecule has 0 aliphatic carbocycles. The van der Waals surface area contributed by atoms with Gasteiger partial charge in [-0.2, -0.15) is 0 Å². The first-order chi connectivity index (χ1) is 9.90. The van der Waals surface area contributed by atoms with Gasteiger partial charge in [0.1, 0.15) is 12.4 Å². The molecule has 0 saturated heterocycles. The Balaban J connectivity index is 2.23. The molecule has 2 nitrogen and oxygen atoms in total. The molecule has 2 aromatic rings. The topological polar surface area (TPSA) is 22.1 Å². The highest BCUT2D eigenvalue weighted by Crippen LogP contribution is 2.33. The number of aryl methyl sites for hydroxylation is 1. The summed E-state index contributed by atoms with van der Waals surface area (Å²) in [7, 11) is 0. The van der Waals surface area contributed by atoms with E-state index in [4.69, 9.17) is 4.74 Å². The third-order valence-electron chi connectivity index (χ3n) is 3.42. The van der Waals surface area contributed by atoms with Crippen LogP contribution in [0.15, 0.2) is 41.1 Å². The van der Waals surface area contributed by atoms with Crippen molar-refractivity contribution in [1.82, 2.24) is 4.98 Å². The lowest BCUT2D eigenvalue weighted by Gasteiger charge is -2.23. The van der Waals surface area contributed by atoms with Crippen LogP contribution in [0.4, 0.5) is 0 Å². The molecule has 2 rings (SSSR count). The summed E-state index contributed by atoms with van der Waals surface area (Å²) in [6, 6.07) is 8.52. The molecule has 1 aromatic carbocycles. The van der Waals surface area contributed by atoms with E-state index in [1.54, 1.807) is 6.20 Å². The Labute approximate surface area is 135 Å². The molecule has 0 saturated carbocycles. The molecule has 0 aliphatic rings. The smallest absolute Gasteiger partial charge is 0.123 e. The van der Waals surface area contributed by atoms with Crippen molar-refractivity contribution < 1.29 is 4.74 Å².